The highest BCUT2D eigenvalue weighted by molar-refractivity contribution is 7.89. The van der Waals surface area contributed by atoms with Crippen LogP contribution >= 0.6 is 0 Å². The summed E-state index contributed by atoms with van der Waals surface area (Å²) in [5.41, 5.74) is 4.30. The molecule has 11 nitrogen and oxygen atoms in total. The summed E-state index contributed by atoms with van der Waals surface area (Å²) in [4.78, 5) is 35.0. The molecule has 0 bridgehead atoms. The average molecular weight is 519 g/mol. The molecule has 188 valence electrons. The Hall–Kier alpha value is -4.26. The number of fused-ring (bicyclic) bond motifs is 1. The van der Waals surface area contributed by atoms with Gasteiger partial charge in [0.05, 0.1) is 35.6 Å². The normalized spacial score (nSPS) is 15.5. The number of carbonyl (C=O) groups excluding carboxylic acids is 1. The molecule has 0 radical (unpaired) electrons. The van der Waals surface area contributed by atoms with Gasteiger partial charge in [-0.2, -0.15) is 4.31 Å². The second kappa shape index (κ2) is 10.8. The van der Waals surface area contributed by atoms with Crippen molar-refractivity contribution >= 4 is 15.9 Å². The quantitative estimate of drug-likeness (QED) is 0.349. The number of aromatic nitrogens is 4. The van der Waals surface area contributed by atoms with Crippen LogP contribution in [0.2, 0.25) is 0 Å². The fraction of sp³-hybridized carbons (Fsp3) is 0.160. The first-order valence-electron chi connectivity index (χ1n) is 11.3. The van der Waals surface area contributed by atoms with Crippen molar-refractivity contribution in [3.63, 3.8) is 0 Å². The van der Waals surface area contributed by atoms with E-state index in [0.29, 0.717) is 17.1 Å². The van der Waals surface area contributed by atoms with Crippen LogP contribution in [0, 0.1) is 0 Å². The Bertz CT molecular complexity index is 1470. The summed E-state index contributed by atoms with van der Waals surface area (Å²) in [5.74, 6) is 0.0629. The first kappa shape index (κ1) is 24.4. The lowest BCUT2D eigenvalue weighted by Crippen LogP contribution is -2.52. The van der Waals surface area contributed by atoms with Gasteiger partial charge in [-0.3, -0.25) is 24.6 Å². The van der Waals surface area contributed by atoms with Crippen molar-refractivity contribution in [2.24, 2.45) is 0 Å². The van der Waals surface area contributed by atoms with Crippen molar-refractivity contribution in [1.29, 1.82) is 0 Å². The number of hydrogen-bond donors (Lipinski definition) is 1. The van der Waals surface area contributed by atoms with Gasteiger partial charge in [0.25, 0.3) is 5.91 Å². The maximum Gasteiger partial charge on any atom is 0.262 e. The Kier molecular flexibility index (Phi) is 7.12. The third kappa shape index (κ3) is 5.61. The van der Waals surface area contributed by atoms with Crippen LogP contribution in [0.15, 0.2) is 90.5 Å². The van der Waals surface area contributed by atoms with Gasteiger partial charge < -0.3 is 4.74 Å². The molecular formula is C25H22N6O5S. The van der Waals surface area contributed by atoms with Crippen LogP contribution in [0.5, 0.6) is 11.6 Å². The number of amides is 1. The lowest BCUT2D eigenvalue weighted by Gasteiger charge is -2.33. The Labute approximate surface area is 213 Å². The highest BCUT2D eigenvalue weighted by atomic mass is 32.2. The summed E-state index contributed by atoms with van der Waals surface area (Å²) in [7, 11) is -4.10. The Morgan fingerprint density at radius 3 is 2.41 bits per heavy atom. The number of hydrogen-bond acceptors (Lipinski definition) is 9. The molecule has 0 aliphatic carbocycles. The minimum Gasteiger partial charge on any atom is -0.438 e. The van der Waals surface area contributed by atoms with Crippen LogP contribution in [0.1, 0.15) is 17.0 Å². The predicted molar refractivity (Wildman–Crippen MR) is 130 cm³/mol. The summed E-state index contributed by atoms with van der Waals surface area (Å²) in [6, 6.07) is 14.1. The molecule has 1 unspecified atom stereocenters. The fourth-order valence-corrected chi connectivity index (χ4v) is 5.37. The molecule has 0 saturated heterocycles. The number of nitrogens with zero attached hydrogens (tertiary/aromatic N) is 5. The molecule has 37 heavy (non-hydrogen) atoms. The minimum atomic E-state index is -4.10. The highest BCUT2D eigenvalue weighted by Gasteiger charge is 2.41. The van der Waals surface area contributed by atoms with Crippen LogP contribution in [-0.2, 0) is 39.2 Å². The van der Waals surface area contributed by atoms with Crippen molar-refractivity contribution in [3.8, 4) is 11.6 Å². The lowest BCUT2D eigenvalue weighted by molar-refractivity contribution is -0.139. The SMILES string of the molecule is O=C(NOCc1ccccc1)C1Cc2nccnc2CN1S(=O)(=O)c1ccc(Oc2cnccn2)cc1. The molecule has 4 aromatic rings. The molecule has 1 aliphatic heterocycles. The van der Waals surface area contributed by atoms with Gasteiger partial charge in [-0.1, -0.05) is 30.3 Å². The summed E-state index contributed by atoms with van der Waals surface area (Å²) >= 11 is 0. The van der Waals surface area contributed by atoms with E-state index in [1.54, 1.807) is 0 Å². The number of sulfonamides is 1. The van der Waals surface area contributed by atoms with Gasteiger partial charge in [0.1, 0.15) is 11.8 Å². The monoisotopic (exact) mass is 518 g/mol. The van der Waals surface area contributed by atoms with Gasteiger partial charge in [-0.05, 0) is 29.8 Å². The molecule has 1 amide bonds. The van der Waals surface area contributed by atoms with Crippen LogP contribution in [-0.4, -0.2) is 44.6 Å². The Morgan fingerprint density at radius 2 is 1.68 bits per heavy atom. The molecule has 0 fully saturated rings. The smallest absolute Gasteiger partial charge is 0.262 e. The van der Waals surface area contributed by atoms with Crippen molar-refractivity contribution < 1.29 is 22.8 Å². The van der Waals surface area contributed by atoms with Crippen LogP contribution in [0.4, 0.5) is 0 Å². The van der Waals surface area contributed by atoms with Gasteiger partial charge in [0, 0.05) is 31.2 Å². The molecule has 1 atom stereocenters. The topological polar surface area (TPSA) is 136 Å². The summed E-state index contributed by atoms with van der Waals surface area (Å²) in [6.45, 7) is 0.0236. The lowest BCUT2D eigenvalue weighted by atomic mass is 10.0. The van der Waals surface area contributed by atoms with Crippen LogP contribution < -0.4 is 10.2 Å². The van der Waals surface area contributed by atoms with E-state index in [-0.39, 0.29) is 30.3 Å². The summed E-state index contributed by atoms with van der Waals surface area (Å²) in [5, 5.41) is 0. The van der Waals surface area contributed by atoms with Gasteiger partial charge in [-0.25, -0.2) is 18.9 Å². The van der Waals surface area contributed by atoms with Gasteiger partial charge in [0.15, 0.2) is 0 Å². The number of nitrogens with one attached hydrogen (secondary N) is 1. The van der Waals surface area contributed by atoms with E-state index in [0.717, 1.165) is 9.87 Å². The van der Waals surface area contributed by atoms with E-state index >= 15 is 0 Å². The zero-order chi connectivity index (χ0) is 25.7. The molecular weight excluding hydrogens is 496 g/mol. The van der Waals surface area contributed by atoms with E-state index in [2.05, 4.69) is 25.4 Å². The van der Waals surface area contributed by atoms with E-state index in [1.165, 1.54) is 55.2 Å². The number of hydroxylamine groups is 1. The molecule has 2 aromatic heterocycles. The van der Waals surface area contributed by atoms with Crippen molar-refractivity contribution in [2.75, 3.05) is 0 Å². The van der Waals surface area contributed by atoms with Crippen molar-refractivity contribution in [2.45, 2.75) is 30.5 Å². The van der Waals surface area contributed by atoms with E-state index < -0.39 is 22.0 Å². The number of rotatable bonds is 8. The first-order chi connectivity index (χ1) is 18.0. The molecule has 1 aliphatic rings. The predicted octanol–water partition coefficient (Wildman–Crippen LogP) is 2.42. The van der Waals surface area contributed by atoms with E-state index in [4.69, 9.17) is 9.57 Å². The van der Waals surface area contributed by atoms with Gasteiger partial charge in [-0.15, -0.1) is 0 Å². The molecule has 0 spiro atoms. The summed E-state index contributed by atoms with van der Waals surface area (Å²) < 4.78 is 34.1. The maximum atomic E-state index is 13.7. The van der Waals surface area contributed by atoms with Crippen LogP contribution in [0.25, 0.3) is 0 Å². The van der Waals surface area contributed by atoms with Gasteiger partial charge >= 0.3 is 0 Å². The number of benzene rings is 2. The zero-order valence-electron chi connectivity index (χ0n) is 19.5. The Balaban J connectivity index is 1.36. The average Bonchev–Trinajstić information content (AvgIpc) is 2.94. The van der Waals surface area contributed by atoms with Crippen molar-refractivity contribution in [3.05, 3.63) is 103 Å². The van der Waals surface area contributed by atoms with Crippen LogP contribution in [0.3, 0.4) is 0 Å². The first-order valence-corrected chi connectivity index (χ1v) is 12.7. The summed E-state index contributed by atoms with van der Waals surface area (Å²) in [6.07, 6.45) is 7.50. The second-order valence-corrected chi connectivity index (χ2v) is 9.97. The third-order valence-electron chi connectivity index (χ3n) is 5.65. The molecule has 5 rings (SSSR count). The molecule has 2 aromatic carbocycles. The molecule has 0 saturated carbocycles. The standard InChI is InChI=1S/C25H22N6O5S/c32-25(30-35-17-18-4-2-1-3-5-18)23-14-21-22(28-13-12-27-21)16-31(23)37(33,34)20-8-6-19(7-9-20)36-24-15-26-10-11-29-24/h1-13,15,23H,14,16-17H2,(H,30,32). The highest BCUT2D eigenvalue weighted by Crippen LogP contribution is 2.29. The molecule has 12 heteroatoms. The Morgan fingerprint density at radius 1 is 0.946 bits per heavy atom. The van der Waals surface area contributed by atoms with E-state index in [1.807, 2.05) is 30.3 Å². The third-order valence-corrected chi connectivity index (χ3v) is 7.52. The number of ether oxygens (including phenoxy) is 1. The minimum absolute atomic E-state index is 0.00524. The van der Waals surface area contributed by atoms with E-state index in [9.17, 15) is 13.2 Å². The zero-order valence-corrected chi connectivity index (χ0v) is 20.3. The second-order valence-electron chi connectivity index (χ2n) is 8.08. The maximum absolute atomic E-state index is 13.7. The largest absolute Gasteiger partial charge is 0.438 e. The number of carbonyl (C=O) groups is 1. The van der Waals surface area contributed by atoms with Crippen molar-refractivity contribution in [1.82, 2.24) is 29.7 Å². The van der Waals surface area contributed by atoms with Gasteiger partial charge in [0.2, 0.25) is 15.9 Å². The fourth-order valence-electron chi connectivity index (χ4n) is 3.82. The molecule has 1 N–H and O–H groups in total. The molecule has 3 heterocycles.